The van der Waals surface area contributed by atoms with Crippen LogP contribution in [0.2, 0.25) is 0 Å². The summed E-state index contributed by atoms with van der Waals surface area (Å²) in [5.41, 5.74) is 7.71. The van der Waals surface area contributed by atoms with Gasteiger partial charge in [0.25, 0.3) is 5.91 Å². The van der Waals surface area contributed by atoms with Gasteiger partial charge < -0.3 is 15.8 Å². The summed E-state index contributed by atoms with van der Waals surface area (Å²) in [4.78, 5) is 12.9. The molecule has 0 saturated carbocycles. The van der Waals surface area contributed by atoms with E-state index in [1.807, 2.05) is 6.92 Å². The van der Waals surface area contributed by atoms with E-state index in [-0.39, 0.29) is 20.3 Å². The molecule has 0 atom stereocenters. The molecule has 134 valence electrons. The molecule has 0 aliphatic rings. The molecule has 3 N–H and O–H groups in total. The molecule has 0 bridgehead atoms. The van der Waals surface area contributed by atoms with Crippen LogP contribution in [0.25, 0.3) is 5.69 Å². The van der Waals surface area contributed by atoms with Gasteiger partial charge in [-0.1, -0.05) is 29.5 Å². The number of aromatic nitrogens is 1. The number of aryl methyl sites for hydroxylation is 1. The maximum atomic E-state index is 14.2. The molecule has 0 aliphatic heterocycles. The van der Waals surface area contributed by atoms with Gasteiger partial charge in [-0.2, -0.15) is 0 Å². The van der Waals surface area contributed by atoms with E-state index in [0.29, 0.717) is 11.4 Å². The highest BCUT2D eigenvalue weighted by Crippen LogP contribution is 2.30. The number of carbonyl (C=O) groups excluding carboxylic acids is 1. The fourth-order valence-corrected chi connectivity index (χ4v) is 3.75. The van der Waals surface area contributed by atoms with E-state index < -0.39 is 11.7 Å². The molecular formula is C18H16FN3O2S2. The van der Waals surface area contributed by atoms with Crippen LogP contribution < -0.4 is 15.8 Å². The molecule has 1 aromatic heterocycles. The van der Waals surface area contributed by atoms with E-state index in [9.17, 15) is 9.18 Å². The van der Waals surface area contributed by atoms with Gasteiger partial charge in [0.1, 0.15) is 22.3 Å². The number of methoxy groups -OCH3 is 1. The molecule has 0 radical (unpaired) electrons. The Morgan fingerprint density at radius 2 is 2.04 bits per heavy atom. The fourth-order valence-electron chi connectivity index (χ4n) is 2.50. The summed E-state index contributed by atoms with van der Waals surface area (Å²) in [6.45, 7) is 1.84. The van der Waals surface area contributed by atoms with Crippen LogP contribution in [0.15, 0.2) is 42.5 Å². The van der Waals surface area contributed by atoms with Crippen molar-refractivity contribution < 1.29 is 13.9 Å². The number of nitrogen functional groups attached to an aromatic ring is 1. The number of hydrogen-bond donors (Lipinski definition) is 2. The van der Waals surface area contributed by atoms with Crippen LogP contribution in [0.4, 0.5) is 15.9 Å². The number of halogens is 1. The molecule has 0 spiro atoms. The molecule has 1 amide bonds. The first kappa shape index (κ1) is 18.1. The van der Waals surface area contributed by atoms with Crippen molar-refractivity contribution in [2.45, 2.75) is 6.92 Å². The van der Waals surface area contributed by atoms with Crippen LogP contribution in [0, 0.1) is 16.7 Å². The van der Waals surface area contributed by atoms with Gasteiger partial charge in [0.15, 0.2) is 3.95 Å². The monoisotopic (exact) mass is 389 g/mol. The molecule has 0 unspecified atom stereocenters. The van der Waals surface area contributed by atoms with Crippen molar-refractivity contribution in [1.29, 1.82) is 0 Å². The molecule has 1 heterocycles. The zero-order valence-corrected chi connectivity index (χ0v) is 15.7. The number of benzene rings is 2. The number of nitrogens with zero attached hydrogens (tertiary/aromatic N) is 1. The molecule has 26 heavy (non-hydrogen) atoms. The standard InChI is InChI=1S/C18H16FN3O2S2/c1-10-7-8-11(19)13(9-10)22-16(20)15(26-18(22)25)17(23)21-12-5-3-4-6-14(12)24-2/h3-9H,20H2,1-2H3,(H,21,23). The van der Waals surface area contributed by atoms with Crippen LogP contribution in [-0.4, -0.2) is 17.6 Å². The van der Waals surface area contributed by atoms with Gasteiger partial charge in [-0.25, -0.2) is 4.39 Å². The van der Waals surface area contributed by atoms with Gasteiger partial charge in [-0.05, 0) is 49.0 Å². The lowest BCUT2D eigenvalue weighted by Crippen LogP contribution is -2.14. The average Bonchev–Trinajstić information content (AvgIpc) is 2.92. The number of nitrogens with two attached hydrogens (primary N) is 1. The zero-order valence-electron chi connectivity index (χ0n) is 14.1. The summed E-state index contributed by atoms with van der Waals surface area (Å²) >= 11 is 6.33. The van der Waals surface area contributed by atoms with Gasteiger partial charge in [-0.3, -0.25) is 9.36 Å². The summed E-state index contributed by atoms with van der Waals surface area (Å²) in [7, 11) is 1.51. The maximum absolute atomic E-state index is 14.2. The number of rotatable bonds is 4. The first-order chi connectivity index (χ1) is 12.4. The summed E-state index contributed by atoms with van der Waals surface area (Å²) in [5, 5.41) is 2.75. The highest BCUT2D eigenvalue weighted by atomic mass is 32.1. The fraction of sp³-hybridized carbons (Fsp3) is 0.111. The minimum absolute atomic E-state index is 0.0943. The largest absolute Gasteiger partial charge is 0.495 e. The number of para-hydroxylation sites is 2. The number of thiazole rings is 1. The van der Waals surface area contributed by atoms with Crippen LogP contribution in [0.5, 0.6) is 5.75 Å². The second-order valence-corrected chi connectivity index (χ2v) is 7.17. The Bertz CT molecular complexity index is 1040. The minimum atomic E-state index is -0.465. The Morgan fingerprint density at radius 3 is 2.77 bits per heavy atom. The predicted molar refractivity (Wildman–Crippen MR) is 105 cm³/mol. The maximum Gasteiger partial charge on any atom is 0.269 e. The summed E-state index contributed by atoms with van der Waals surface area (Å²) < 4.78 is 21.1. The van der Waals surface area contributed by atoms with Crippen molar-refractivity contribution in [3.63, 3.8) is 0 Å². The molecule has 0 fully saturated rings. The molecule has 5 nitrogen and oxygen atoms in total. The quantitative estimate of drug-likeness (QED) is 0.642. The third-order valence-electron chi connectivity index (χ3n) is 3.75. The molecule has 0 aliphatic carbocycles. The van der Waals surface area contributed by atoms with Gasteiger partial charge >= 0.3 is 0 Å². The number of amides is 1. The topological polar surface area (TPSA) is 69.3 Å². The Labute approximate surface area is 158 Å². The SMILES string of the molecule is COc1ccccc1NC(=O)c1sc(=S)n(-c2cc(C)ccc2F)c1N. The number of anilines is 2. The van der Waals surface area contributed by atoms with Crippen molar-refractivity contribution in [2.75, 3.05) is 18.2 Å². The molecule has 3 aromatic rings. The van der Waals surface area contributed by atoms with Crippen molar-refractivity contribution in [1.82, 2.24) is 4.57 Å². The van der Waals surface area contributed by atoms with Crippen LogP contribution in [0.3, 0.4) is 0 Å². The lowest BCUT2D eigenvalue weighted by Gasteiger charge is -2.10. The predicted octanol–water partition coefficient (Wildman–Crippen LogP) is 4.56. The molecule has 8 heteroatoms. The molecule has 3 rings (SSSR count). The molecule has 0 saturated heterocycles. The number of carbonyl (C=O) groups is 1. The van der Waals surface area contributed by atoms with E-state index in [2.05, 4.69) is 5.32 Å². The molecule has 2 aromatic carbocycles. The second-order valence-electron chi connectivity index (χ2n) is 5.53. The van der Waals surface area contributed by atoms with Crippen molar-refractivity contribution in [3.8, 4) is 11.4 Å². The van der Waals surface area contributed by atoms with E-state index in [4.69, 9.17) is 22.7 Å². The van der Waals surface area contributed by atoms with Crippen molar-refractivity contribution in [3.05, 3.63) is 62.7 Å². The van der Waals surface area contributed by atoms with Gasteiger partial charge in [-0.15, -0.1) is 0 Å². The van der Waals surface area contributed by atoms with Crippen molar-refractivity contribution in [2.24, 2.45) is 0 Å². The van der Waals surface area contributed by atoms with Crippen LogP contribution in [-0.2, 0) is 0 Å². The minimum Gasteiger partial charge on any atom is -0.495 e. The molecular weight excluding hydrogens is 373 g/mol. The number of nitrogens with one attached hydrogen (secondary N) is 1. The summed E-state index contributed by atoms with van der Waals surface area (Å²) in [6, 6.07) is 11.6. The second kappa shape index (κ2) is 7.27. The van der Waals surface area contributed by atoms with Crippen molar-refractivity contribution >= 4 is 41.0 Å². The Morgan fingerprint density at radius 1 is 1.31 bits per heavy atom. The van der Waals surface area contributed by atoms with E-state index in [0.717, 1.165) is 16.9 Å². The number of ether oxygens (including phenoxy) is 1. The Kier molecular flexibility index (Phi) is 5.06. The highest BCUT2D eigenvalue weighted by Gasteiger charge is 2.20. The first-order valence-electron chi connectivity index (χ1n) is 7.64. The van der Waals surface area contributed by atoms with Crippen LogP contribution in [0.1, 0.15) is 15.2 Å². The van der Waals surface area contributed by atoms with E-state index in [1.54, 1.807) is 36.4 Å². The van der Waals surface area contributed by atoms with Gasteiger partial charge in [0.05, 0.1) is 18.5 Å². The summed E-state index contributed by atoms with van der Waals surface area (Å²) in [6.07, 6.45) is 0. The Balaban J connectivity index is 2.01. The van der Waals surface area contributed by atoms with E-state index >= 15 is 0 Å². The average molecular weight is 389 g/mol. The van der Waals surface area contributed by atoms with Gasteiger partial charge in [0, 0.05) is 0 Å². The highest BCUT2D eigenvalue weighted by molar-refractivity contribution is 7.73. The smallest absolute Gasteiger partial charge is 0.269 e. The lowest BCUT2D eigenvalue weighted by atomic mass is 10.2. The van der Waals surface area contributed by atoms with Gasteiger partial charge in [0.2, 0.25) is 0 Å². The van der Waals surface area contributed by atoms with Crippen LogP contribution >= 0.6 is 23.6 Å². The lowest BCUT2D eigenvalue weighted by molar-refractivity contribution is 0.103. The Hall–Kier alpha value is -2.71. The summed E-state index contributed by atoms with van der Waals surface area (Å²) in [5.74, 6) is -0.285. The van der Waals surface area contributed by atoms with E-state index in [1.165, 1.54) is 17.7 Å². The number of hydrogen-bond acceptors (Lipinski definition) is 5. The zero-order chi connectivity index (χ0) is 18.8. The first-order valence-corrected chi connectivity index (χ1v) is 8.87. The third kappa shape index (κ3) is 3.33. The normalized spacial score (nSPS) is 10.6. The third-order valence-corrected chi connectivity index (χ3v) is 5.14.